The van der Waals surface area contributed by atoms with Crippen LogP contribution >= 0.6 is 46.3 Å². The molecule has 0 amide bonds. The Morgan fingerprint density at radius 1 is 1.36 bits per heavy atom. The number of nitrogens with zero attached hydrogens (tertiary/aromatic N) is 3. The molecule has 1 N–H and O–H groups in total. The van der Waals surface area contributed by atoms with Crippen molar-refractivity contribution in [1.82, 2.24) is 9.97 Å². The zero-order valence-electron chi connectivity index (χ0n) is 11.2. The molecule has 4 nitrogen and oxygen atoms in total. The number of rotatable bonds is 3. The molecule has 0 radical (unpaired) electrons. The van der Waals surface area contributed by atoms with Gasteiger partial charge < -0.3 is 5.32 Å². The molecule has 0 saturated heterocycles. The van der Waals surface area contributed by atoms with Gasteiger partial charge in [0.15, 0.2) is 9.99 Å². The summed E-state index contributed by atoms with van der Waals surface area (Å²) in [7, 11) is 0. The topological polar surface area (TPSA) is 61.6 Å². The van der Waals surface area contributed by atoms with Gasteiger partial charge in [-0.3, -0.25) is 0 Å². The summed E-state index contributed by atoms with van der Waals surface area (Å²) < 4.78 is 1.72. The van der Waals surface area contributed by atoms with Crippen LogP contribution in [0, 0.1) is 11.3 Å². The summed E-state index contributed by atoms with van der Waals surface area (Å²) in [5.74, 6) is 0. The van der Waals surface area contributed by atoms with Crippen LogP contribution in [0.4, 0.5) is 11.4 Å². The first-order chi connectivity index (χ1) is 10.6. The molecule has 0 aliphatic rings. The van der Waals surface area contributed by atoms with Crippen LogP contribution in [0.5, 0.6) is 0 Å². The van der Waals surface area contributed by atoms with E-state index in [4.69, 9.17) is 23.2 Å². The maximum Gasteiger partial charge on any atom is 0.173 e. The summed E-state index contributed by atoms with van der Waals surface area (Å²) in [6.45, 7) is 0. The second-order valence-electron chi connectivity index (χ2n) is 4.24. The molecule has 110 valence electrons. The number of thioether (sulfide) groups is 1. The van der Waals surface area contributed by atoms with Crippen LogP contribution in [0.1, 0.15) is 5.56 Å². The third kappa shape index (κ3) is 2.85. The number of benzene rings is 1. The summed E-state index contributed by atoms with van der Waals surface area (Å²) in [5, 5.41) is 13.6. The Balaban J connectivity index is 2.15. The minimum atomic E-state index is 0.440. The number of aromatic nitrogens is 2. The highest BCUT2D eigenvalue weighted by molar-refractivity contribution is 8.00. The Morgan fingerprint density at radius 2 is 2.18 bits per heavy atom. The number of hydrogen-bond donors (Lipinski definition) is 1. The Morgan fingerprint density at radius 3 is 2.86 bits per heavy atom. The molecule has 2 heterocycles. The van der Waals surface area contributed by atoms with E-state index in [-0.39, 0.29) is 0 Å². The van der Waals surface area contributed by atoms with Crippen molar-refractivity contribution in [2.75, 3.05) is 11.6 Å². The standard InChI is InChI=1S/C14H8Cl2N4S2/c1-21-14-20-13-12(22-14)11(7(5-17)6-18-13)19-10-3-2-8(15)4-9(10)16/h2-4,6H,1H3,(H,18,19). The van der Waals surface area contributed by atoms with Gasteiger partial charge in [-0.2, -0.15) is 5.26 Å². The molecule has 8 heteroatoms. The molecule has 0 bridgehead atoms. The second-order valence-corrected chi connectivity index (χ2v) is 7.14. The normalized spacial score (nSPS) is 10.6. The SMILES string of the molecule is CSc1nc2ncc(C#N)c(Nc3ccc(Cl)cc3Cl)c2s1. The van der Waals surface area contributed by atoms with Crippen molar-refractivity contribution in [1.29, 1.82) is 5.26 Å². The van der Waals surface area contributed by atoms with Crippen molar-refractivity contribution in [3.05, 3.63) is 40.0 Å². The van der Waals surface area contributed by atoms with Crippen LogP contribution in [-0.4, -0.2) is 16.2 Å². The van der Waals surface area contributed by atoms with E-state index in [1.165, 1.54) is 17.5 Å². The van der Waals surface area contributed by atoms with Crippen LogP contribution < -0.4 is 5.32 Å². The average molecular weight is 367 g/mol. The molecule has 0 aliphatic carbocycles. The van der Waals surface area contributed by atoms with Crippen molar-refractivity contribution in [2.24, 2.45) is 0 Å². The molecule has 0 atom stereocenters. The largest absolute Gasteiger partial charge is 0.352 e. The van der Waals surface area contributed by atoms with Gasteiger partial charge in [-0.25, -0.2) is 9.97 Å². The van der Waals surface area contributed by atoms with Gasteiger partial charge in [0.1, 0.15) is 6.07 Å². The van der Waals surface area contributed by atoms with Gasteiger partial charge in [0.05, 0.1) is 26.7 Å². The van der Waals surface area contributed by atoms with Crippen LogP contribution in [0.25, 0.3) is 10.3 Å². The van der Waals surface area contributed by atoms with E-state index in [9.17, 15) is 5.26 Å². The number of pyridine rings is 1. The van der Waals surface area contributed by atoms with Crippen molar-refractivity contribution in [3.63, 3.8) is 0 Å². The number of nitriles is 1. The van der Waals surface area contributed by atoms with Gasteiger partial charge >= 0.3 is 0 Å². The Bertz CT molecular complexity index is 902. The van der Waals surface area contributed by atoms with Crippen LogP contribution in [0.15, 0.2) is 28.7 Å². The van der Waals surface area contributed by atoms with Crippen LogP contribution in [0.3, 0.4) is 0 Å². The Labute approximate surface area is 145 Å². The number of anilines is 2. The molecule has 0 unspecified atom stereocenters. The Kier molecular flexibility index (Phi) is 4.41. The molecular weight excluding hydrogens is 359 g/mol. The monoisotopic (exact) mass is 366 g/mol. The summed E-state index contributed by atoms with van der Waals surface area (Å²) in [6.07, 6.45) is 3.46. The quantitative estimate of drug-likeness (QED) is 0.634. The number of fused-ring (bicyclic) bond motifs is 1. The maximum absolute atomic E-state index is 9.33. The molecular formula is C14H8Cl2N4S2. The van der Waals surface area contributed by atoms with Gasteiger partial charge in [-0.15, -0.1) is 11.3 Å². The minimum Gasteiger partial charge on any atom is -0.352 e. The molecule has 3 aromatic rings. The summed E-state index contributed by atoms with van der Waals surface area (Å²) >= 11 is 15.1. The lowest BCUT2D eigenvalue weighted by Crippen LogP contribution is -1.96. The lowest BCUT2D eigenvalue weighted by Gasteiger charge is -2.10. The fourth-order valence-corrected chi connectivity index (χ4v) is 3.85. The van der Waals surface area contributed by atoms with Gasteiger partial charge in [0.25, 0.3) is 0 Å². The fraction of sp³-hybridized carbons (Fsp3) is 0.0714. The first-order valence-electron chi connectivity index (χ1n) is 6.08. The highest BCUT2D eigenvalue weighted by atomic mass is 35.5. The maximum atomic E-state index is 9.33. The van der Waals surface area contributed by atoms with E-state index in [1.807, 2.05) is 6.26 Å². The van der Waals surface area contributed by atoms with Gasteiger partial charge in [-0.05, 0) is 24.5 Å². The number of nitrogens with one attached hydrogen (secondary N) is 1. The average Bonchev–Trinajstić information content (AvgIpc) is 2.93. The third-order valence-electron chi connectivity index (χ3n) is 2.89. The molecule has 0 fully saturated rings. The summed E-state index contributed by atoms with van der Waals surface area (Å²) in [5.41, 5.74) is 2.39. The molecule has 3 rings (SSSR count). The van der Waals surface area contributed by atoms with Crippen molar-refractivity contribution >= 4 is 68.0 Å². The zero-order valence-corrected chi connectivity index (χ0v) is 14.4. The third-order valence-corrected chi connectivity index (χ3v) is 5.48. The van der Waals surface area contributed by atoms with Gasteiger partial charge in [-0.1, -0.05) is 35.0 Å². The number of hydrogen-bond acceptors (Lipinski definition) is 6. The predicted molar refractivity (Wildman–Crippen MR) is 93.7 cm³/mol. The number of halogens is 2. The van der Waals surface area contributed by atoms with Crippen LogP contribution in [-0.2, 0) is 0 Å². The smallest absolute Gasteiger partial charge is 0.173 e. The van der Waals surface area contributed by atoms with Crippen LogP contribution in [0.2, 0.25) is 10.0 Å². The first kappa shape index (κ1) is 15.4. The highest BCUT2D eigenvalue weighted by Gasteiger charge is 2.15. The molecule has 1 aromatic carbocycles. The summed E-state index contributed by atoms with van der Waals surface area (Å²) in [6, 6.07) is 7.30. The van der Waals surface area contributed by atoms with E-state index in [0.29, 0.717) is 32.6 Å². The molecule has 0 aliphatic heterocycles. The molecule has 22 heavy (non-hydrogen) atoms. The summed E-state index contributed by atoms with van der Waals surface area (Å²) in [4.78, 5) is 8.64. The van der Waals surface area contributed by atoms with E-state index < -0.39 is 0 Å². The fourth-order valence-electron chi connectivity index (χ4n) is 1.88. The Hall–Kier alpha value is -1.52. The second kappa shape index (κ2) is 6.31. The highest BCUT2D eigenvalue weighted by Crippen LogP contribution is 2.37. The zero-order chi connectivity index (χ0) is 15.7. The molecule has 0 saturated carbocycles. The van der Waals surface area contributed by atoms with E-state index in [2.05, 4.69) is 21.4 Å². The van der Waals surface area contributed by atoms with E-state index >= 15 is 0 Å². The van der Waals surface area contributed by atoms with Crippen molar-refractivity contribution in [3.8, 4) is 6.07 Å². The van der Waals surface area contributed by atoms with Crippen molar-refractivity contribution < 1.29 is 0 Å². The lowest BCUT2D eigenvalue weighted by atomic mass is 10.2. The van der Waals surface area contributed by atoms with Crippen molar-refractivity contribution in [2.45, 2.75) is 4.34 Å². The van der Waals surface area contributed by atoms with Gasteiger partial charge in [0.2, 0.25) is 0 Å². The van der Waals surface area contributed by atoms with E-state index in [0.717, 1.165) is 9.04 Å². The first-order valence-corrected chi connectivity index (χ1v) is 8.88. The molecule has 2 aromatic heterocycles. The predicted octanol–water partition coefficient (Wildman–Crippen LogP) is 5.34. The van der Waals surface area contributed by atoms with Gasteiger partial charge in [0, 0.05) is 11.2 Å². The van der Waals surface area contributed by atoms with E-state index in [1.54, 1.807) is 30.0 Å². The molecule has 0 spiro atoms. The lowest BCUT2D eigenvalue weighted by molar-refractivity contribution is 1.23. The minimum absolute atomic E-state index is 0.440. The number of thiazole rings is 1.